The highest BCUT2D eigenvalue weighted by atomic mass is 35.5. The van der Waals surface area contributed by atoms with Gasteiger partial charge in [0.15, 0.2) is 18.9 Å². The fraction of sp³-hybridized carbons (Fsp3) is 0.318. The molecule has 1 fully saturated rings. The van der Waals surface area contributed by atoms with E-state index < -0.39 is 25.2 Å². The van der Waals surface area contributed by atoms with Crippen LogP contribution in [0.3, 0.4) is 0 Å². The number of thioether (sulfide) groups is 2. The van der Waals surface area contributed by atoms with Crippen molar-refractivity contribution >= 4 is 83.6 Å². The number of phosphoric ester groups is 1. The summed E-state index contributed by atoms with van der Waals surface area (Å²) in [5.41, 5.74) is 1.37. The van der Waals surface area contributed by atoms with Crippen LogP contribution in [0.2, 0.25) is 10.3 Å². The average molecular weight is 653 g/mol. The van der Waals surface area contributed by atoms with Crippen LogP contribution in [0.5, 0.6) is 0 Å². The lowest BCUT2D eigenvalue weighted by Crippen LogP contribution is -2.70. The number of phosphoric acid groups is 1. The average Bonchev–Trinajstić information content (AvgIpc) is 2.84. The fourth-order valence-electron chi connectivity index (χ4n) is 3.95. The van der Waals surface area contributed by atoms with Crippen LogP contribution in [0.4, 0.5) is 0 Å². The Kier molecular flexibility index (Phi) is 9.95. The molecule has 2 aliphatic heterocycles. The smallest absolute Gasteiger partial charge is 0.469 e. The fourth-order valence-corrected chi connectivity index (χ4v) is 7.43. The molecule has 4 N–H and O–H groups in total. The van der Waals surface area contributed by atoms with Crippen LogP contribution in [0.15, 0.2) is 52.8 Å². The summed E-state index contributed by atoms with van der Waals surface area (Å²) in [5.74, 6) is -0.715. The first-order chi connectivity index (χ1) is 18.4. The van der Waals surface area contributed by atoms with Crippen LogP contribution < -0.4 is 9.88 Å². The minimum absolute atomic E-state index is 0.00602. The third-order valence-electron chi connectivity index (χ3n) is 5.64. The molecule has 39 heavy (non-hydrogen) atoms. The molecule has 0 aromatic carbocycles. The van der Waals surface area contributed by atoms with Crippen molar-refractivity contribution in [2.75, 3.05) is 18.1 Å². The molecule has 0 spiro atoms. The van der Waals surface area contributed by atoms with E-state index in [0.717, 1.165) is 10.5 Å². The molecule has 4 rings (SSSR count). The molecule has 2 aromatic heterocycles. The Morgan fingerprint density at radius 1 is 1.31 bits per heavy atom. The molecule has 208 valence electrons. The van der Waals surface area contributed by atoms with E-state index in [2.05, 4.69) is 14.8 Å². The predicted octanol–water partition coefficient (Wildman–Crippen LogP) is 2.66. The number of amides is 1. The number of fused-ring (bicyclic) bond motifs is 1. The third-order valence-corrected chi connectivity index (χ3v) is 9.24. The number of hydrogen-bond acceptors (Lipinski definition) is 8. The Morgan fingerprint density at radius 2 is 1.97 bits per heavy atom. The molecule has 1 amide bonds. The molecule has 1 saturated heterocycles. The van der Waals surface area contributed by atoms with Gasteiger partial charge in [0.05, 0.1) is 4.99 Å². The lowest BCUT2D eigenvalue weighted by molar-refractivity contribution is -0.698. The molecule has 0 saturated carbocycles. The van der Waals surface area contributed by atoms with Gasteiger partial charge in [-0.3, -0.25) is 14.2 Å². The number of carbonyl (C=O) groups is 2. The van der Waals surface area contributed by atoms with Crippen molar-refractivity contribution in [3.05, 3.63) is 63.8 Å². The first-order valence-corrected chi connectivity index (χ1v) is 16.0. The molecular weight excluding hydrogens is 630 g/mol. The molecule has 0 unspecified atom stereocenters. The number of rotatable bonds is 11. The highest BCUT2D eigenvalue weighted by Gasteiger charge is 2.53. The van der Waals surface area contributed by atoms with Crippen molar-refractivity contribution in [2.24, 2.45) is 0 Å². The molecule has 0 radical (unpaired) electrons. The molecule has 0 aliphatic carbocycles. The highest BCUT2D eigenvalue weighted by molar-refractivity contribution is 8.01. The van der Waals surface area contributed by atoms with Crippen molar-refractivity contribution in [1.29, 1.82) is 0 Å². The second-order valence-electron chi connectivity index (χ2n) is 8.39. The van der Waals surface area contributed by atoms with Gasteiger partial charge in [0.25, 0.3) is 5.91 Å². The summed E-state index contributed by atoms with van der Waals surface area (Å²) in [7, 11) is -4.51. The Balaban J connectivity index is 1.35. The molecule has 2 aliphatic rings. The number of thiocarbonyl (C=S) groups is 1. The summed E-state index contributed by atoms with van der Waals surface area (Å²) < 4.78 is 16.9. The van der Waals surface area contributed by atoms with Gasteiger partial charge in [-0.1, -0.05) is 35.4 Å². The normalized spacial score (nSPS) is 19.0. The first-order valence-electron chi connectivity index (χ1n) is 11.2. The van der Waals surface area contributed by atoms with E-state index >= 15 is 0 Å². The lowest BCUT2D eigenvalue weighted by atomic mass is 10.0. The molecule has 2 aromatic rings. The SMILES string of the molecule is O=C(O)C1=C(CSc2cc[n+](CCOP(=O)(O)O)cc2)CS[C@@H]2[C@@H](NC(=S)Cc3cc(Cl)nc(Cl)c3)C(=O)N12. The van der Waals surface area contributed by atoms with E-state index in [4.69, 9.17) is 45.2 Å². The van der Waals surface area contributed by atoms with Crippen molar-refractivity contribution in [3.8, 4) is 0 Å². The van der Waals surface area contributed by atoms with Crippen LogP contribution >= 0.6 is 66.8 Å². The van der Waals surface area contributed by atoms with Crippen LogP contribution in [0.25, 0.3) is 0 Å². The summed E-state index contributed by atoms with van der Waals surface area (Å²) in [6.45, 7) is 0.105. The predicted molar refractivity (Wildman–Crippen MR) is 151 cm³/mol. The topological polar surface area (TPSA) is 153 Å². The third kappa shape index (κ3) is 7.93. The quantitative estimate of drug-likeness (QED) is 0.0705. The van der Waals surface area contributed by atoms with E-state index in [1.54, 1.807) is 41.2 Å². The summed E-state index contributed by atoms with van der Waals surface area (Å²) in [4.78, 5) is 49.1. The van der Waals surface area contributed by atoms with Gasteiger partial charge in [-0.2, -0.15) is 0 Å². The van der Waals surface area contributed by atoms with Gasteiger partial charge in [0, 0.05) is 35.0 Å². The summed E-state index contributed by atoms with van der Waals surface area (Å²) in [6.07, 6.45) is 3.76. The van der Waals surface area contributed by atoms with Gasteiger partial charge < -0.3 is 20.2 Å². The molecule has 2 atom stereocenters. The summed E-state index contributed by atoms with van der Waals surface area (Å²) >= 11 is 20.2. The molecule has 4 heterocycles. The number of pyridine rings is 2. The van der Waals surface area contributed by atoms with Gasteiger partial charge in [-0.05, 0) is 23.3 Å². The maximum atomic E-state index is 13.0. The molecule has 0 bridgehead atoms. The van der Waals surface area contributed by atoms with Crippen molar-refractivity contribution < 1.29 is 38.1 Å². The Labute approximate surface area is 247 Å². The zero-order chi connectivity index (χ0) is 28.3. The number of carboxylic acids is 1. The maximum Gasteiger partial charge on any atom is 0.469 e. The van der Waals surface area contributed by atoms with Crippen molar-refractivity contribution in [3.63, 3.8) is 0 Å². The number of carboxylic acid groups (broad SMARTS) is 1. The van der Waals surface area contributed by atoms with E-state index in [0.29, 0.717) is 28.5 Å². The number of hydrogen-bond donors (Lipinski definition) is 4. The van der Waals surface area contributed by atoms with Crippen LogP contribution in [-0.4, -0.2) is 71.2 Å². The molecule has 11 nitrogen and oxygen atoms in total. The van der Waals surface area contributed by atoms with E-state index in [1.165, 1.54) is 28.4 Å². The number of carbonyl (C=O) groups excluding carboxylic acids is 1. The molecular formula is C22H22Cl2N4O7PS3+. The monoisotopic (exact) mass is 651 g/mol. The maximum absolute atomic E-state index is 13.0. The minimum atomic E-state index is -4.51. The number of halogens is 2. The van der Waals surface area contributed by atoms with Gasteiger partial charge >= 0.3 is 13.8 Å². The minimum Gasteiger partial charge on any atom is -0.477 e. The lowest BCUT2D eigenvalue weighted by Gasteiger charge is -2.49. The van der Waals surface area contributed by atoms with Gasteiger partial charge in [0.1, 0.15) is 34.0 Å². The standard InChI is InChI=1S/C22H21Cl2N4O7PS3/c23-15-7-12(8-16(24)25-15)9-17(37)26-18-20(29)28-19(22(30)31)13(11-39-21(18)28)10-38-14-1-3-27(4-2-14)5-6-35-36(32,33)34/h1-4,7-8,18,21H,5-6,9-11H2,(H3-,26,30,31,32,33,34,37)/p+1/t18-,21+/m0/s1. The Hall–Kier alpha value is -1.74. The van der Waals surface area contributed by atoms with Crippen molar-refractivity contribution in [1.82, 2.24) is 15.2 Å². The van der Waals surface area contributed by atoms with Crippen LogP contribution in [0, 0.1) is 0 Å². The summed E-state index contributed by atoms with van der Waals surface area (Å²) in [5, 5.41) is 13.0. The van der Waals surface area contributed by atoms with E-state index in [9.17, 15) is 19.3 Å². The number of β-lactam (4-membered cyclic amide) rings is 1. The Morgan fingerprint density at radius 3 is 2.59 bits per heavy atom. The summed E-state index contributed by atoms with van der Waals surface area (Å²) in [6, 6.07) is 6.24. The second kappa shape index (κ2) is 12.8. The van der Waals surface area contributed by atoms with E-state index in [-0.39, 0.29) is 35.1 Å². The van der Waals surface area contributed by atoms with Gasteiger partial charge in [-0.25, -0.2) is 18.9 Å². The number of aliphatic carboxylic acids is 1. The van der Waals surface area contributed by atoms with Gasteiger partial charge in [0.2, 0.25) is 0 Å². The molecule has 17 heteroatoms. The van der Waals surface area contributed by atoms with Gasteiger partial charge in [-0.15, -0.1) is 23.5 Å². The number of aromatic nitrogens is 2. The zero-order valence-electron chi connectivity index (χ0n) is 19.9. The zero-order valence-corrected chi connectivity index (χ0v) is 24.8. The first kappa shape index (κ1) is 30.2. The largest absolute Gasteiger partial charge is 0.477 e. The second-order valence-corrected chi connectivity index (χ2v) is 13.1. The Bertz CT molecular complexity index is 1360. The number of nitrogens with zero attached hydrogens (tertiary/aromatic N) is 3. The number of nitrogens with one attached hydrogen (secondary N) is 1. The van der Waals surface area contributed by atoms with Crippen LogP contribution in [0.1, 0.15) is 5.56 Å². The van der Waals surface area contributed by atoms with Crippen LogP contribution in [-0.2, 0) is 31.6 Å². The van der Waals surface area contributed by atoms with Crippen molar-refractivity contribution in [2.45, 2.75) is 29.3 Å². The van der Waals surface area contributed by atoms with E-state index in [1.807, 2.05) is 0 Å². The highest BCUT2D eigenvalue weighted by Crippen LogP contribution is 2.41.